The summed E-state index contributed by atoms with van der Waals surface area (Å²) in [5.41, 5.74) is 4.30. The molecule has 0 aliphatic carbocycles. The van der Waals surface area contributed by atoms with E-state index in [1.165, 1.54) is 21.2 Å². The molecule has 0 N–H and O–H groups in total. The molecule has 2 aromatic carbocycles. The highest BCUT2D eigenvalue weighted by Crippen LogP contribution is 2.26. The molecule has 1 heterocycles. The molecule has 1 nitrogen and oxygen atoms in total. The normalized spacial score (nSPS) is 14.1. The standard InChI is InChI=1S/C15H14BrN.ClH/c16-15-7-6-13-10-17(11-14(13)8-15)9-12-4-2-1-3-5-12;/h1-8H,9-11H2;1H. The molecular weight excluding hydrogens is 310 g/mol. The zero-order valence-electron chi connectivity index (χ0n) is 9.97. The Morgan fingerprint density at radius 2 is 1.67 bits per heavy atom. The van der Waals surface area contributed by atoms with Gasteiger partial charge in [0.2, 0.25) is 0 Å². The summed E-state index contributed by atoms with van der Waals surface area (Å²) in [6.45, 7) is 3.16. The fraction of sp³-hybridized carbons (Fsp3) is 0.200. The number of rotatable bonds is 2. The van der Waals surface area contributed by atoms with Gasteiger partial charge in [-0.2, -0.15) is 0 Å². The van der Waals surface area contributed by atoms with Crippen molar-refractivity contribution in [3.63, 3.8) is 0 Å². The summed E-state index contributed by atoms with van der Waals surface area (Å²) in [4.78, 5) is 2.48. The van der Waals surface area contributed by atoms with Crippen LogP contribution in [0.1, 0.15) is 16.7 Å². The third-order valence-electron chi connectivity index (χ3n) is 3.21. The van der Waals surface area contributed by atoms with Crippen LogP contribution in [0.4, 0.5) is 0 Å². The van der Waals surface area contributed by atoms with Crippen molar-refractivity contribution in [3.05, 3.63) is 69.7 Å². The molecular formula is C15H15BrClN. The number of hydrogen-bond donors (Lipinski definition) is 0. The lowest BCUT2D eigenvalue weighted by Crippen LogP contribution is -2.15. The third kappa shape index (κ3) is 2.94. The van der Waals surface area contributed by atoms with Gasteiger partial charge in [0.15, 0.2) is 0 Å². The number of halogens is 2. The van der Waals surface area contributed by atoms with Gasteiger partial charge in [-0.1, -0.05) is 52.3 Å². The monoisotopic (exact) mass is 323 g/mol. The average molecular weight is 325 g/mol. The lowest BCUT2D eigenvalue weighted by atomic mass is 10.1. The van der Waals surface area contributed by atoms with Crippen LogP contribution in [0.15, 0.2) is 53.0 Å². The van der Waals surface area contributed by atoms with Crippen LogP contribution < -0.4 is 0 Å². The van der Waals surface area contributed by atoms with Crippen LogP contribution in [-0.2, 0) is 19.6 Å². The van der Waals surface area contributed by atoms with Crippen LogP contribution in [0, 0.1) is 0 Å². The van der Waals surface area contributed by atoms with Gasteiger partial charge in [-0.05, 0) is 28.8 Å². The van der Waals surface area contributed by atoms with Crippen molar-refractivity contribution in [1.82, 2.24) is 4.90 Å². The Kier molecular flexibility index (Phi) is 4.44. The topological polar surface area (TPSA) is 3.24 Å². The van der Waals surface area contributed by atoms with E-state index in [4.69, 9.17) is 0 Å². The first-order valence-electron chi connectivity index (χ1n) is 5.85. The minimum Gasteiger partial charge on any atom is -0.291 e. The van der Waals surface area contributed by atoms with Gasteiger partial charge in [0.05, 0.1) is 0 Å². The first-order chi connectivity index (χ1) is 8.31. The van der Waals surface area contributed by atoms with Gasteiger partial charge in [0.1, 0.15) is 0 Å². The molecule has 0 bridgehead atoms. The van der Waals surface area contributed by atoms with Crippen LogP contribution >= 0.6 is 28.3 Å². The molecule has 1 aliphatic rings. The maximum Gasteiger partial charge on any atom is 0.0244 e. The largest absolute Gasteiger partial charge is 0.291 e. The van der Waals surface area contributed by atoms with Gasteiger partial charge in [-0.25, -0.2) is 0 Å². The summed E-state index contributed by atoms with van der Waals surface area (Å²) < 4.78 is 1.18. The number of hydrogen-bond acceptors (Lipinski definition) is 1. The Morgan fingerprint density at radius 3 is 2.44 bits per heavy atom. The Bertz CT molecular complexity index is 527. The summed E-state index contributed by atoms with van der Waals surface area (Å²) >= 11 is 3.53. The molecule has 2 aromatic rings. The van der Waals surface area contributed by atoms with E-state index < -0.39 is 0 Å². The molecule has 0 aromatic heterocycles. The number of fused-ring (bicyclic) bond motifs is 1. The second-order valence-electron chi connectivity index (χ2n) is 4.54. The molecule has 3 rings (SSSR count). The van der Waals surface area contributed by atoms with Crippen molar-refractivity contribution in [2.24, 2.45) is 0 Å². The fourth-order valence-corrected chi connectivity index (χ4v) is 2.80. The Morgan fingerprint density at radius 1 is 0.944 bits per heavy atom. The fourth-order valence-electron chi connectivity index (χ4n) is 2.39. The minimum atomic E-state index is 0. The van der Waals surface area contributed by atoms with Crippen LogP contribution in [0.2, 0.25) is 0 Å². The molecule has 0 saturated heterocycles. The molecule has 0 radical (unpaired) electrons. The molecule has 0 fully saturated rings. The summed E-state index contributed by atoms with van der Waals surface area (Å²) in [7, 11) is 0. The minimum absolute atomic E-state index is 0. The highest BCUT2D eigenvalue weighted by Gasteiger charge is 2.18. The third-order valence-corrected chi connectivity index (χ3v) is 3.70. The second kappa shape index (κ2) is 5.87. The zero-order chi connectivity index (χ0) is 11.7. The lowest BCUT2D eigenvalue weighted by molar-refractivity contribution is 0.275. The zero-order valence-corrected chi connectivity index (χ0v) is 12.4. The highest BCUT2D eigenvalue weighted by molar-refractivity contribution is 9.10. The summed E-state index contributed by atoms with van der Waals surface area (Å²) in [5.74, 6) is 0. The highest BCUT2D eigenvalue weighted by atomic mass is 79.9. The van der Waals surface area contributed by atoms with E-state index in [1.54, 1.807) is 0 Å². The summed E-state index contributed by atoms with van der Waals surface area (Å²) in [6.07, 6.45) is 0. The molecule has 0 saturated carbocycles. The summed E-state index contributed by atoms with van der Waals surface area (Å²) in [5, 5.41) is 0. The van der Waals surface area contributed by atoms with Gasteiger partial charge < -0.3 is 0 Å². The van der Waals surface area contributed by atoms with E-state index in [0.717, 1.165) is 19.6 Å². The first-order valence-corrected chi connectivity index (χ1v) is 6.64. The molecule has 0 amide bonds. The number of nitrogens with zero attached hydrogens (tertiary/aromatic N) is 1. The van der Waals surface area contributed by atoms with E-state index in [9.17, 15) is 0 Å². The van der Waals surface area contributed by atoms with E-state index in [1.807, 2.05) is 0 Å². The van der Waals surface area contributed by atoms with Crippen LogP contribution in [0.25, 0.3) is 0 Å². The maximum absolute atomic E-state index is 3.53. The van der Waals surface area contributed by atoms with E-state index >= 15 is 0 Å². The molecule has 1 aliphatic heterocycles. The van der Waals surface area contributed by atoms with Crippen LogP contribution in [0.5, 0.6) is 0 Å². The van der Waals surface area contributed by atoms with Crippen molar-refractivity contribution < 1.29 is 0 Å². The Labute approximate surface area is 122 Å². The van der Waals surface area contributed by atoms with Crippen molar-refractivity contribution in [3.8, 4) is 0 Å². The maximum atomic E-state index is 3.53. The predicted molar refractivity (Wildman–Crippen MR) is 80.8 cm³/mol. The van der Waals surface area contributed by atoms with E-state index in [2.05, 4.69) is 69.4 Å². The molecule has 94 valence electrons. The second-order valence-corrected chi connectivity index (χ2v) is 5.46. The average Bonchev–Trinajstić information content (AvgIpc) is 2.71. The van der Waals surface area contributed by atoms with E-state index in [0.29, 0.717) is 0 Å². The van der Waals surface area contributed by atoms with Crippen LogP contribution in [-0.4, -0.2) is 4.90 Å². The van der Waals surface area contributed by atoms with Gasteiger partial charge in [0.25, 0.3) is 0 Å². The lowest BCUT2D eigenvalue weighted by Gasteiger charge is -2.14. The quantitative estimate of drug-likeness (QED) is 0.792. The number of benzene rings is 2. The van der Waals surface area contributed by atoms with Crippen molar-refractivity contribution in [2.45, 2.75) is 19.6 Å². The summed E-state index contributed by atoms with van der Waals surface area (Å²) in [6, 6.07) is 17.3. The molecule has 0 unspecified atom stereocenters. The van der Waals surface area contributed by atoms with E-state index in [-0.39, 0.29) is 12.4 Å². The van der Waals surface area contributed by atoms with Gasteiger partial charge in [-0.3, -0.25) is 4.90 Å². The van der Waals surface area contributed by atoms with Gasteiger partial charge >= 0.3 is 0 Å². The Hall–Kier alpha value is -0.830. The predicted octanol–water partition coefficient (Wildman–Crippen LogP) is 4.39. The molecule has 0 atom stereocenters. The molecule has 3 heteroatoms. The van der Waals surface area contributed by atoms with Crippen molar-refractivity contribution in [2.75, 3.05) is 0 Å². The SMILES string of the molecule is Brc1ccc2c(c1)CN(Cc1ccccc1)C2.Cl. The first kappa shape index (κ1) is 13.6. The van der Waals surface area contributed by atoms with Crippen LogP contribution in [0.3, 0.4) is 0 Å². The van der Waals surface area contributed by atoms with Crippen molar-refractivity contribution in [1.29, 1.82) is 0 Å². The van der Waals surface area contributed by atoms with Gasteiger partial charge in [0, 0.05) is 24.1 Å². The molecule has 18 heavy (non-hydrogen) atoms. The Balaban J connectivity index is 0.00000120. The smallest absolute Gasteiger partial charge is 0.0244 e. The molecule has 0 spiro atoms. The van der Waals surface area contributed by atoms with Crippen molar-refractivity contribution >= 4 is 28.3 Å². The van der Waals surface area contributed by atoms with Gasteiger partial charge in [-0.15, -0.1) is 12.4 Å².